The van der Waals surface area contributed by atoms with Crippen LogP contribution in [-0.2, 0) is 0 Å². The summed E-state index contributed by atoms with van der Waals surface area (Å²) in [6.07, 6.45) is 4.45. The molecular weight excluding hydrogens is 234 g/mol. The lowest BCUT2D eigenvalue weighted by atomic mass is 10.0. The summed E-state index contributed by atoms with van der Waals surface area (Å²) >= 11 is 0. The van der Waals surface area contributed by atoms with Crippen molar-refractivity contribution in [1.82, 2.24) is 14.9 Å². The highest BCUT2D eigenvalue weighted by Gasteiger charge is 2.30. The highest BCUT2D eigenvalue weighted by atomic mass is 16.4. The molecule has 1 aromatic rings. The van der Waals surface area contributed by atoms with Gasteiger partial charge in [-0.05, 0) is 18.8 Å². The lowest BCUT2D eigenvalue weighted by molar-refractivity contribution is 0.0674. The molecular formula is C12H17N3O3. The number of carbonyl (C=O) groups is 2. The minimum absolute atomic E-state index is 0.0136. The number of imidazole rings is 1. The van der Waals surface area contributed by atoms with Crippen molar-refractivity contribution in [3.05, 3.63) is 17.7 Å². The summed E-state index contributed by atoms with van der Waals surface area (Å²) in [4.78, 5) is 31.1. The molecule has 1 atom stereocenters. The first-order chi connectivity index (χ1) is 8.63. The average Bonchev–Trinajstić information content (AvgIpc) is 2.96. The minimum atomic E-state index is -1.15. The minimum Gasteiger partial charge on any atom is -0.477 e. The molecule has 0 bridgehead atoms. The normalized spacial score (nSPS) is 19.2. The van der Waals surface area contributed by atoms with E-state index in [2.05, 4.69) is 16.9 Å². The number of amides is 1. The van der Waals surface area contributed by atoms with Crippen LogP contribution < -0.4 is 0 Å². The second-order valence-corrected chi connectivity index (χ2v) is 4.63. The topological polar surface area (TPSA) is 86.3 Å². The Kier molecular flexibility index (Phi) is 3.64. The summed E-state index contributed by atoms with van der Waals surface area (Å²) in [5.74, 6) is -0.904. The van der Waals surface area contributed by atoms with E-state index in [1.807, 2.05) is 0 Å². The zero-order valence-electron chi connectivity index (χ0n) is 10.3. The lowest BCUT2D eigenvalue weighted by Gasteiger charge is -2.15. The molecule has 1 aromatic heterocycles. The molecule has 1 amide bonds. The zero-order chi connectivity index (χ0) is 13.1. The maximum Gasteiger partial charge on any atom is 0.354 e. The van der Waals surface area contributed by atoms with Gasteiger partial charge >= 0.3 is 5.97 Å². The second-order valence-electron chi connectivity index (χ2n) is 4.63. The van der Waals surface area contributed by atoms with Crippen LogP contribution in [-0.4, -0.2) is 44.9 Å². The van der Waals surface area contributed by atoms with E-state index in [0.717, 1.165) is 19.3 Å². The number of nitrogens with one attached hydrogen (secondary N) is 1. The van der Waals surface area contributed by atoms with Crippen LogP contribution in [0.1, 0.15) is 47.2 Å². The monoisotopic (exact) mass is 251 g/mol. The van der Waals surface area contributed by atoms with Crippen LogP contribution in [0.25, 0.3) is 0 Å². The summed E-state index contributed by atoms with van der Waals surface area (Å²) in [6.45, 7) is 3.52. The Bertz CT molecular complexity index is 455. The Balaban J connectivity index is 2.08. The average molecular weight is 251 g/mol. The van der Waals surface area contributed by atoms with Crippen molar-refractivity contribution in [3.63, 3.8) is 0 Å². The molecule has 1 saturated heterocycles. The van der Waals surface area contributed by atoms with Crippen LogP contribution in [0.4, 0.5) is 0 Å². The molecule has 1 aliphatic rings. The summed E-state index contributed by atoms with van der Waals surface area (Å²) in [6, 6.07) is 0. The molecule has 0 aliphatic carbocycles. The van der Waals surface area contributed by atoms with Gasteiger partial charge in [0.05, 0.1) is 6.33 Å². The summed E-state index contributed by atoms with van der Waals surface area (Å²) in [7, 11) is 0. The van der Waals surface area contributed by atoms with Gasteiger partial charge in [-0.2, -0.15) is 0 Å². The smallest absolute Gasteiger partial charge is 0.354 e. The Morgan fingerprint density at radius 3 is 3.06 bits per heavy atom. The third-order valence-electron chi connectivity index (χ3n) is 3.33. The van der Waals surface area contributed by atoms with Crippen LogP contribution in [0.3, 0.4) is 0 Å². The van der Waals surface area contributed by atoms with E-state index in [9.17, 15) is 9.59 Å². The zero-order valence-corrected chi connectivity index (χ0v) is 10.3. The number of aromatic nitrogens is 2. The third-order valence-corrected chi connectivity index (χ3v) is 3.33. The molecule has 1 aliphatic heterocycles. The first-order valence-corrected chi connectivity index (χ1v) is 6.19. The number of aromatic carboxylic acids is 1. The molecule has 0 saturated carbocycles. The number of likely N-dealkylation sites (tertiary alicyclic amines) is 1. The summed E-state index contributed by atoms with van der Waals surface area (Å²) in [5, 5.41) is 8.94. The predicted octanol–water partition coefficient (Wildman–Crippen LogP) is 1.37. The predicted molar refractivity (Wildman–Crippen MR) is 64.5 cm³/mol. The van der Waals surface area contributed by atoms with Crippen molar-refractivity contribution in [2.75, 3.05) is 13.1 Å². The third kappa shape index (κ3) is 2.37. The number of carboxylic acid groups (broad SMARTS) is 1. The number of nitrogens with zero attached hydrogens (tertiary/aromatic N) is 2. The summed E-state index contributed by atoms with van der Waals surface area (Å²) < 4.78 is 0. The van der Waals surface area contributed by atoms with E-state index in [-0.39, 0.29) is 17.3 Å². The van der Waals surface area contributed by atoms with Gasteiger partial charge in [0, 0.05) is 13.1 Å². The number of hydrogen-bond acceptors (Lipinski definition) is 3. The van der Waals surface area contributed by atoms with E-state index >= 15 is 0 Å². The molecule has 1 unspecified atom stereocenters. The molecule has 98 valence electrons. The fourth-order valence-electron chi connectivity index (χ4n) is 2.43. The number of carboxylic acids is 1. The van der Waals surface area contributed by atoms with Crippen molar-refractivity contribution >= 4 is 11.9 Å². The first-order valence-electron chi connectivity index (χ1n) is 6.19. The van der Waals surface area contributed by atoms with Gasteiger partial charge in [0.25, 0.3) is 5.91 Å². The summed E-state index contributed by atoms with van der Waals surface area (Å²) in [5.41, 5.74) is -0.112. The second kappa shape index (κ2) is 5.20. The molecule has 2 N–H and O–H groups in total. The van der Waals surface area contributed by atoms with E-state index in [0.29, 0.717) is 19.0 Å². The van der Waals surface area contributed by atoms with E-state index in [1.54, 1.807) is 4.90 Å². The Morgan fingerprint density at radius 1 is 1.61 bits per heavy atom. The fourth-order valence-corrected chi connectivity index (χ4v) is 2.43. The van der Waals surface area contributed by atoms with Crippen LogP contribution in [0.15, 0.2) is 6.33 Å². The SMILES string of the molecule is CCCC1CCN(C(=O)c2nc[nH]c2C(=O)O)C1. The van der Waals surface area contributed by atoms with Gasteiger partial charge in [-0.3, -0.25) is 4.79 Å². The van der Waals surface area contributed by atoms with E-state index in [1.165, 1.54) is 6.33 Å². The van der Waals surface area contributed by atoms with E-state index < -0.39 is 5.97 Å². The Morgan fingerprint density at radius 2 is 2.39 bits per heavy atom. The van der Waals surface area contributed by atoms with Crippen LogP contribution in [0.2, 0.25) is 0 Å². The molecule has 6 nitrogen and oxygen atoms in total. The van der Waals surface area contributed by atoms with Gasteiger partial charge in [-0.25, -0.2) is 9.78 Å². The quantitative estimate of drug-likeness (QED) is 0.846. The van der Waals surface area contributed by atoms with Crippen molar-refractivity contribution in [3.8, 4) is 0 Å². The van der Waals surface area contributed by atoms with Crippen molar-refractivity contribution < 1.29 is 14.7 Å². The first kappa shape index (κ1) is 12.6. The fraction of sp³-hybridized carbons (Fsp3) is 0.583. The molecule has 0 radical (unpaired) electrons. The molecule has 0 spiro atoms. The number of hydrogen-bond donors (Lipinski definition) is 2. The van der Waals surface area contributed by atoms with Gasteiger partial charge in [-0.15, -0.1) is 0 Å². The largest absolute Gasteiger partial charge is 0.477 e. The number of H-pyrrole nitrogens is 1. The van der Waals surface area contributed by atoms with Gasteiger partial charge < -0.3 is 15.0 Å². The van der Waals surface area contributed by atoms with Crippen LogP contribution in [0, 0.1) is 5.92 Å². The molecule has 2 rings (SSSR count). The van der Waals surface area contributed by atoms with Gasteiger partial charge in [0.1, 0.15) is 0 Å². The maximum atomic E-state index is 12.2. The number of aromatic amines is 1. The Labute approximate surface area is 105 Å². The van der Waals surface area contributed by atoms with Gasteiger partial charge in [-0.1, -0.05) is 13.3 Å². The van der Waals surface area contributed by atoms with Crippen LogP contribution in [0.5, 0.6) is 0 Å². The molecule has 0 aromatic carbocycles. The van der Waals surface area contributed by atoms with Gasteiger partial charge in [0.15, 0.2) is 11.4 Å². The van der Waals surface area contributed by atoms with Crippen molar-refractivity contribution in [1.29, 1.82) is 0 Å². The van der Waals surface area contributed by atoms with Gasteiger partial charge in [0.2, 0.25) is 0 Å². The molecule has 1 fully saturated rings. The molecule has 2 heterocycles. The highest BCUT2D eigenvalue weighted by molar-refractivity contribution is 6.02. The standard InChI is InChI=1S/C12H17N3O3/c1-2-3-8-4-5-15(6-8)11(16)9-10(12(17)18)14-7-13-9/h7-8H,2-6H2,1H3,(H,13,14)(H,17,18). The number of rotatable bonds is 4. The maximum absolute atomic E-state index is 12.2. The van der Waals surface area contributed by atoms with E-state index in [4.69, 9.17) is 5.11 Å². The van der Waals surface area contributed by atoms with Crippen molar-refractivity contribution in [2.45, 2.75) is 26.2 Å². The highest BCUT2D eigenvalue weighted by Crippen LogP contribution is 2.22. The van der Waals surface area contributed by atoms with Crippen molar-refractivity contribution in [2.24, 2.45) is 5.92 Å². The van der Waals surface area contributed by atoms with Crippen LogP contribution >= 0.6 is 0 Å². The number of carbonyl (C=O) groups excluding carboxylic acids is 1. The Hall–Kier alpha value is -1.85. The lowest BCUT2D eigenvalue weighted by Crippen LogP contribution is -2.30. The molecule has 18 heavy (non-hydrogen) atoms. The molecule has 6 heteroatoms.